The molecule has 0 aliphatic carbocycles. The second-order valence-corrected chi connectivity index (χ2v) is 20.2. The third-order valence-corrected chi connectivity index (χ3v) is 16.4. The molecule has 258 valence electrons. The van der Waals surface area contributed by atoms with Crippen LogP contribution < -0.4 is 10.4 Å². The molecule has 0 fully saturated rings. The highest BCUT2D eigenvalue weighted by atomic mass is 35.5. The van der Waals surface area contributed by atoms with E-state index < -0.39 is 23.4 Å². The number of benzene rings is 3. The van der Waals surface area contributed by atoms with Gasteiger partial charge in [0, 0.05) is 5.88 Å². The summed E-state index contributed by atoms with van der Waals surface area (Å²) < 4.78 is 27.5. The number of hydrogen-bond donors (Lipinski definition) is 1. The predicted octanol–water partition coefficient (Wildman–Crippen LogP) is 10.1. The topological polar surface area (TPSA) is 54.4 Å². The average molecular weight is 704 g/mol. The standard InChI is InChI=1S/C42H55ClO3SSi/c1-34(23-18-30-42(5,6)48(46,40-26-12-8-13-27-40)41-28-14-9-15-29-41)19-16-20-35(2)31-39(32-36(3)21-17-22-37(4)33-43)47(44,45)38-24-10-7-11-25-38/h7-15,20,22-29,32,39,46H,16-19,21,30-31,33H2,1-6H3/b34-23-,35-20-,36-32-,37-22-. The molecule has 48 heavy (non-hydrogen) atoms. The van der Waals surface area contributed by atoms with Gasteiger partial charge in [-0.1, -0.05) is 139 Å². The van der Waals surface area contributed by atoms with Crippen LogP contribution in [0.2, 0.25) is 5.04 Å². The number of halogens is 1. The van der Waals surface area contributed by atoms with Gasteiger partial charge >= 0.3 is 0 Å². The van der Waals surface area contributed by atoms with Crippen LogP contribution in [0.25, 0.3) is 0 Å². The molecular formula is C42H55ClO3SSi. The molecule has 0 aliphatic rings. The van der Waals surface area contributed by atoms with Gasteiger partial charge < -0.3 is 4.80 Å². The third kappa shape index (κ3) is 11.0. The fraction of sp³-hybridized carbons (Fsp3) is 0.381. The van der Waals surface area contributed by atoms with Crippen molar-refractivity contribution >= 4 is 40.1 Å². The van der Waals surface area contributed by atoms with Crippen LogP contribution in [0.1, 0.15) is 86.5 Å². The largest absolute Gasteiger partial charge is 0.424 e. The molecule has 0 radical (unpaired) electrons. The van der Waals surface area contributed by atoms with E-state index in [0.717, 1.165) is 65.6 Å². The zero-order valence-corrected chi connectivity index (χ0v) is 32.3. The minimum Gasteiger partial charge on any atom is -0.424 e. The summed E-state index contributed by atoms with van der Waals surface area (Å²) in [5, 5.41) is 1.18. The van der Waals surface area contributed by atoms with Crippen molar-refractivity contribution in [2.45, 2.75) is 102 Å². The first-order valence-corrected chi connectivity index (χ1v) is 21.2. The molecule has 0 aliphatic heterocycles. The maximum atomic E-state index is 13.7. The van der Waals surface area contributed by atoms with Crippen molar-refractivity contribution in [2.75, 3.05) is 5.88 Å². The van der Waals surface area contributed by atoms with Crippen molar-refractivity contribution in [1.29, 1.82) is 0 Å². The first-order valence-electron chi connectivity index (χ1n) is 17.1. The zero-order valence-electron chi connectivity index (χ0n) is 29.8. The van der Waals surface area contributed by atoms with Crippen molar-refractivity contribution in [3.63, 3.8) is 0 Å². The Morgan fingerprint density at radius 2 is 1.17 bits per heavy atom. The molecule has 0 saturated heterocycles. The fourth-order valence-corrected chi connectivity index (χ4v) is 11.9. The molecule has 0 heterocycles. The lowest BCUT2D eigenvalue weighted by Crippen LogP contribution is -2.65. The van der Waals surface area contributed by atoms with Crippen molar-refractivity contribution < 1.29 is 13.2 Å². The molecule has 6 heteroatoms. The van der Waals surface area contributed by atoms with E-state index in [1.807, 2.05) is 69.3 Å². The Kier molecular flexibility index (Phi) is 15.4. The van der Waals surface area contributed by atoms with Gasteiger partial charge in [0.25, 0.3) is 8.32 Å². The SMILES string of the molecule is C/C(=C/CC/C(C)=C\C(C/C(C)=C\CC/C(C)=C\CCC(C)(C)[Si](O)(c1ccccc1)c1ccccc1)S(=O)(=O)c1ccccc1)CCl. The first-order chi connectivity index (χ1) is 22.8. The van der Waals surface area contributed by atoms with E-state index in [4.69, 9.17) is 11.6 Å². The van der Waals surface area contributed by atoms with Gasteiger partial charge in [0.15, 0.2) is 9.84 Å². The predicted molar refractivity (Wildman–Crippen MR) is 210 cm³/mol. The molecule has 0 saturated carbocycles. The Bertz CT molecular complexity index is 1620. The van der Waals surface area contributed by atoms with Crippen LogP contribution in [-0.4, -0.2) is 32.7 Å². The number of hydrogen-bond acceptors (Lipinski definition) is 3. The second-order valence-electron chi connectivity index (χ2n) is 13.8. The molecule has 1 unspecified atom stereocenters. The molecule has 1 N–H and O–H groups in total. The zero-order chi connectivity index (χ0) is 35.2. The Morgan fingerprint density at radius 1 is 0.708 bits per heavy atom. The number of alkyl halides is 1. The highest BCUT2D eigenvalue weighted by Gasteiger charge is 2.49. The number of allylic oxidation sites excluding steroid dienone is 7. The summed E-state index contributed by atoms with van der Waals surface area (Å²) in [5.74, 6) is 0.512. The lowest BCUT2D eigenvalue weighted by molar-refractivity contribution is 0.468. The smallest absolute Gasteiger partial charge is 0.258 e. The Morgan fingerprint density at radius 3 is 1.69 bits per heavy atom. The van der Waals surface area contributed by atoms with Crippen molar-refractivity contribution in [3.8, 4) is 0 Å². The van der Waals surface area contributed by atoms with E-state index in [0.29, 0.717) is 17.2 Å². The van der Waals surface area contributed by atoms with Crippen LogP contribution in [0.5, 0.6) is 0 Å². The average Bonchev–Trinajstić information content (AvgIpc) is 3.08. The van der Waals surface area contributed by atoms with Crippen LogP contribution in [0, 0.1) is 0 Å². The van der Waals surface area contributed by atoms with Gasteiger partial charge in [-0.15, -0.1) is 11.6 Å². The molecule has 3 aromatic carbocycles. The van der Waals surface area contributed by atoms with Crippen LogP contribution in [0.3, 0.4) is 0 Å². The molecule has 3 rings (SSSR count). The normalized spacial score (nSPS) is 14.7. The summed E-state index contributed by atoms with van der Waals surface area (Å²) in [6.07, 6.45) is 14.2. The van der Waals surface area contributed by atoms with Gasteiger partial charge in [-0.05, 0) is 100 Å². The molecule has 0 aromatic heterocycles. The fourth-order valence-electron chi connectivity index (χ4n) is 6.26. The monoisotopic (exact) mass is 702 g/mol. The first kappa shape index (κ1) is 39.5. The maximum absolute atomic E-state index is 13.7. The summed E-state index contributed by atoms with van der Waals surface area (Å²) in [4.78, 5) is 12.8. The highest BCUT2D eigenvalue weighted by molar-refractivity contribution is 7.92. The van der Waals surface area contributed by atoms with Crippen LogP contribution >= 0.6 is 11.6 Å². The van der Waals surface area contributed by atoms with Crippen molar-refractivity contribution in [2.24, 2.45) is 0 Å². The van der Waals surface area contributed by atoms with Crippen LogP contribution in [0.4, 0.5) is 0 Å². The summed E-state index contributed by atoms with van der Waals surface area (Å²) in [6, 6.07) is 29.2. The van der Waals surface area contributed by atoms with Gasteiger partial charge in [-0.2, -0.15) is 0 Å². The Labute approximate surface area is 297 Å². The summed E-state index contributed by atoms with van der Waals surface area (Å²) in [6.45, 7) is 12.7. The molecule has 3 nitrogen and oxygen atoms in total. The van der Waals surface area contributed by atoms with E-state index in [2.05, 4.69) is 63.3 Å². The minimum absolute atomic E-state index is 0.285. The lowest BCUT2D eigenvalue weighted by atomic mass is 10.0. The van der Waals surface area contributed by atoms with Gasteiger partial charge in [0.05, 0.1) is 10.1 Å². The lowest BCUT2D eigenvalue weighted by Gasteiger charge is -2.41. The summed E-state index contributed by atoms with van der Waals surface area (Å²) >= 11 is 5.92. The minimum atomic E-state index is -3.54. The van der Waals surface area contributed by atoms with E-state index in [-0.39, 0.29) is 5.04 Å². The third-order valence-electron chi connectivity index (χ3n) is 9.36. The molecule has 1 atom stereocenters. The van der Waals surface area contributed by atoms with E-state index in [9.17, 15) is 13.2 Å². The molecular weight excluding hydrogens is 648 g/mol. The maximum Gasteiger partial charge on any atom is 0.258 e. The summed E-state index contributed by atoms with van der Waals surface area (Å²) in [7, 11) is -6.56. The van der Waals surface area contributed by atoms with Gasteiger partial charge in [-0.3, -0.25) is 0 Å². The second kappa shape index (κ2) is 18.7. The molecule has 3 aromatic rings. The number of sulfone groups is 1. The molecule has 0 spiro atoms. The van der Waals surface area contributed by atoms with Gasteiger partial charge in [-0.25, -0.2) is 8.42 Å². The van der Waals surface area contributed by atoms with E-state index in [1.165, 1.54) is 5.57 Å². The number of rotatable bonds is 18. The van der Waals surface area contributed by atoms with Crippen LogP contribution in [0.15, 0.2) is 142 Å². The van der Waals surface area contributed by atoms with Crippen molar-refractivity contribution in [3.05, 3.63) is 138 Å². The van der Waals surface area contributed by atoms with Crippen LogP contribution in [-0.2, 0) is 9.84 Å². The van der Waals surface area contributed by atoms with E-state index >= 15 is 0 Å². The quantitative estimate of drug-likeness (QED) is 0.0816. The van der Waals surface area contributed by atoms with Gasteiger partial charge in [0.2, 0.25) is 0 Å². The summed E-state index contributed by atoms with van der Waals surface area (Å²) in [5.41, 5.74) is 4.59. The molecule has 0 bridgehead atoms. The Balaban J connectivity index is 1.68. The molecule has 0 amide bonds. The van der Waals surface area contributed by atoms with E-state index in [1.54, 1.807) is 24.3 Å². The van der Waals surface area contributed by atoms with Gasteiger partial charge in [0.1, 0.15) is 0 Å². The Hall–Kier alpha value is -2.96. The van der Waals surface area contributed by atoms with Crippen molar-refractivity contribution in [1.82, 2.24) is 0 Å². The highest BCUT2D eigenvalue weighted by Crippen LogP contribution is 2.40.